The predicted octanol–water partition coefficient (Wildman–Crippen LogP) is 1.24. The van der Waals surface area contributed by atoms with Gasteiger partial charge < -0.3 is 16.2 Å². The summed E-state index contributed by atoms with van der Waals surface area (Å²) < 4.78 is 0. The summed E-state index contributed by atoms with van der Waals surface area (Å²) in [5.41, 5.74) is 5.28. The van der Waals surface area contributed by atoms with E-state index in [0.29, 0.717) is 25.1 Å². The van der Waals surface area contributed by atoms with Gasteiger partial charge >= 0.3 is 5.97 Å². The maximum atomic E-state index is 11.4. The van der Waals surface area contributed by atoms with Gasteiger partial charge in [0.2, 0.25) is 0 Å². The van der Waals surface area contributed by atoms with Gasteiger partial charge in [-0.2, -0.15) is 0 Å². The quantitative estimate of drug-likeness (QED) is 0.741. The van der Waals surface area contributed by atoms with Gasteiger partial charge in [0.05, 0.1) is 5.41 Å². The van der Waals surface area contributed by atoms with Crippen LogP contribution in [0.3, 0.4) is 0 Å². The first-order valence-electron chi connectivity index (χ1n) is 6.27. The molecular weight excluding hydrogens is 246 g/mol. The van der Waals surface area contributed by atoms with Crippen molar-refractivity contribution in [2.24, 2.45) is 11.1 Å². The second-order valence-electron chi connectivity index (χ2n) is 4.94. The highest BCUT2D eigenvalue weighted by atomic mass is 16.4. The molecule has 1 aromatic rings. The Bertz CT molecular complexity index is 496. The summed E-state index contributed by atoms with van der Waals surface area (Å²) >= 11 is 0. The number of pyridine rings is 1. The van der Waals surface area contributed by atoms with Crippen LogP contribution in [0.4, 0.5) is 5.69 Å². The van der Waals surface area contributed by atoms with Crippen molar-refractivity contribution in [3.63, 3.8) is 0 Å². The molecule has 1 aliphatic carbocycles. The van der Waals surface area contributed by atoms with E-state index in [9.17, 15) is 14.7 Å². The Morgan fingerprint density at radius 3 is 2.68 bits per heavy atom. The minimum atomic E-state index is -0.762. The molecular formula is C13H17N3O3. The van der Waals surface area contributed by atoms with Gasteiger partial charge in [-0.1, -0.05) is 12.8 Å². The number of carboxylic acid groups (broad SMARTS) is 1. The molecule has 19 heavy (non-hydrogen) atoms. The molecule has 1 amide bonds. The standard InChI is InChI=1S/C13H17N3O3/c14-11(17)10-7-9(3-6-15-10)16-8-13(12(18)19)4-1-2-5-13/h3,6-7H,1-2,4-5,8H2,(H2,14,17)(H,15,16)(H,18,19). The number of nitrogens with zero attached hydrogens (tertiary/aromatic N) is 1. The lowest BCUT2D eigenvalue weighted by atomic mass is 9.86. The lowest BCUT2D eigenvalue weighted by Gasteiger charge is -2.24. The van der Waals surface area contributed by atoms with E-state index in [4.69, 9.17) is 5.73 Å². The fourth-order valence-corrected chi connectivity index (χ4v) is 2.46. The highest BCUT2D eigenvalue weighted by Crippen LogP contribution is 2.38. The number of primary amides is 1. The molecule has 0 aromatic carbocycles. The van der Waals surface area contributed by atoms with E-state index in [2.05, 4.69) is 10.3 Å². The monoisotopic (exact) mass is 263 g/mol. The zero-order valence-electron chi connectivity index (χ0n) is 10.6. The van der Waals surface area contributed by atoms with Crippen LogP contribution in [0.15, 0.2) is 18.3 Å². The topological polar surface area (TPSA) is 105 Å². The van der Waals surface area contributed by atoms with E-state index in [-0.39, 0.29) is 5.69 Å². The third-order valence-corrected chi connectivity index (χ3v) is 3.66. The smallest absolute Gasteiger partial charge is 0.311 e. The number of nitrogens with two attached hydrogens (primary N) is 1. The van der Waals surface area contributed by atoms with Gasteiger partial charge in [-0.25, -0.2) is 0 Å². The molecule has 1 heterocycles. The molecule has 4 N–H and O–H groups in total. The van der Waals surface area contributed by atoms with E-state index in [1.54, 1.807) is 6.07 Å². The van der Waals surface area contributed by atoms with Crippen molar-refractivity contribution < 1.29 is 14.7 Å². The molecule has 2 rings (SSSR count). The molecule has 1 aromatic heterocycles. The second kappa shape index (κ2) is 5.26. The Morgan fingerprint density at radius 2 is 2.11 bits per heavy atom. The Kier molecular flexibility index (Phi) is 3.69. The van der Waals surface area contributed by atoms with E-state index >= 15 is 0 Å². The summed E-state index contributed by atoms with van der Waals surface area (Å²) in [5.74, 6) is -1.36. The first-order valence-corrected chi connectivity index (χ1v) is 6.27. The van der Waals surface area contributed by atoms with Crippen molar-refractivity contribution in [3.05, 3.63) is 24.0 Å². The third kappa shape index (κ3) is 2.83. The molecule has 1 saturated carbocycles. The van der Waals surface area contributed by atoms with Crippen molar-refractivity contribution in [1.82, 2.24) is 4.98 Å². The Hall–Kier alpha value is -2.11. The molecule has 102 valence electrons. The van der Waals surface area contributed by atoms with Crippen molar-refractivity contribution in [2.45, 2.75) is 25.7 Å². The lowest BCUT2D eigenvalue weighted by molar-refractivity contribution is -0.147. The number of aromatic nitrogens is 1. The van der Waals surface area contributed by atoms with Gasteiger partial charge in [-0.15, -0.1) is 0 Å². The van der Waals surface area contributed by atoms with Crippen molar-refractivity contribution >= 4 is 17.6 Å². The predicted molar refractivity (Wildman–Crippen MR) is 69.8 cm³/mol. The van der Waals surface area contributed by atoms with Gasteiger partial charge in [-0.3, -0.25) is 14.6 Å². The SMILES string of the molecule is NC(=O)c1cc(NCC2(C(=O)O)CCCC2)ccn1. The molecule has 6 heteroatoms. The third-order valence-electron chi connectivity index (χ3n) is 3.66. The van der Waals surface area contributed by atoms with Crippen LogP contribution in [0, 0.1) is 5.41 Å². The van der Waals surface area contributed by atoms with E-state index in [0.717, 1.165) is 12.8 Å². The fourth-order valence-electron chi connectivity index (χ4n) is 2.46. The van der Waals surface area contributed by atoms with Crippen molar-refractivity contribution in [1.29, 1.82) is 0 Å². The largest absolute Gasteiger partial charge is 0.481 e. The van der Waals surface area contributed by atoms with Crippen LogP contribution < -0.4 is 11.1 Å². The van der Waals surface area contributed by atoms with Gasteiger partial charge in [0.25, 0.3) is 5.91 Å². The maximum Gasteiger partial charge on any atom is 0.311 e. The Labute approximate surface area is 111 Å². The van der Waals surface area contributed by atoms with Crippen LogP contribution in [-0.4, -0.2) is 28.5 Å². The summed E-state index contributed by atoms with van der Waals surface area (Å²) in [4.78, 5) is 26.3. The maximum absolute atomic E-state index is 11.4. The number of anilines is 1. The first-order chi connectivity index (χ1) is 9.03. The fraction of sp³-hybridized carbons (Fsp3) is 0.462. The molecule has 0 radical (unpaired) electrons. The van der Waals surface area contributed by atoms with Crippen LogP contribution >= 0.6 is 0 Å². The molecule has 0 spiro atoms. The van der Waals surface area contributed by atoms with E-state index < -0.39 is 17.3 Å². The molecule has 0 aliphatic heterocycles. The minimum absolute atomic E-state index is 0.167. The second-order valence-corrected chi connectivity index (χ2v) is 4.94. The normalized spacial score (nSPS) is 17.1. The zero-order valence-corrected chi connectivity index (χ0v) is 10.6. The summed E-state index contributed by atoms with van der Waals surface area (Å²) in [5, 5.41) is 12.4. The Morgan fingerprint density at radius 1 is 1.42 bits per heavy atom. The average molecular weight is 263 g/mol. The number of carbonyl (C=O) groups is 2. The summed E-state index contributed by atoms with van der Waals surface area (Å²) in [7, 11) is 0. The first kappa shape index (κ1) is 13.3. The Balaban J connectivity index is 2.07. The zero-order chi connectivity index (χ0) is 13.9. The molecule has 0 unspecified atom stereocenters. The molecule has 1 fully saturated rings. The van der Waals surface area contributed by atoms with Crippen molar-refractivity contribution in [3.8, 4) is 0 Å². The van der Waals surface area contributed by atoms with E-state index in [1.807, 2.05) is 0 Å². The average Bonchev–Trinajstić information content (AvgIpc) is 2.87. The molecule has 0 bridgehead atoms. The number of amides is 1. The van der Waals surface area contributed by atoms with E-state index in [1.165, 1.54) is 12.3 Å². The summed E-state index contributed by atoms with van der Waals surface area (Å²) in [6.45, 7) is 0.352. The molecule has 0 atom stereocenters. The number of aliphatic carboxylic acids is 1. The highest BCUT2D eigenvalue weighted by Gasteiger charge is 2.40. The summed E-state index contributed by atoms with van der Waals surface area (Å²) in [6.07, 6.45) is 4.73. The van der Waals surface area contributed by atoms with Crippen LogP contribution in [0.1, 0.15) is 36.2 Å². The summed E-state index contributed by atoms with van der Waals surface area (Å²) in [6, 6.07) is 3.23. The minimum Gasteiger partial charge on any atom is -0.481 e. The van der Waals surface area contributed by atoms with Gasteiger partial charge in [0.1, 0.15) is 5.69 Å². The lowest BCUT2D eigenvalue weighted by Crippen LogP contribution is -2.35. The molecule has 1 aliphatic rings. The van der Waals surface area contributed by atoms with Crippen LogP contribution in [0.25, 0.3) is 0 Å². The molecule has 0 saturated heterocycles. The number of carboxylic acids is 1. The highest BCUT2D eigenvalue weighted by molar-refractivity contribution is 5.91. The molecule has 6 nitrogen and oxygen atoms in total. The number of hydrogen-bond acceptors (Lipinski definition) is 4. The van der Waals surface area contributed by atoms with Crippen LogP contribution in [0.2, 0.25) is 0 Å². The number of carbonyl (C=O) groups excluding carboxylic acids is 1. The number of hydrogen-bond donors (Lipinski definition) is 3. The van der Waals surface area contributed by atoms with Gasteiger partial charge in [0, 0.05) is 18.4 Å². The van der Waals surface area contributed by atoms with Crippen LogP contribution in [0.5, 0.6) is 0 Å². The van der Waals surface area contributed by atoms with Crippen LogP contribution in [-0.2, 0) is 4.79 Å². The van der Waals surface area contributed by atoms with Crippen molar-refractivity contribution in [2.75, 3.05) is 11.9 Å². The number of nitrogens with one attached hydrogen (secondary N) is 1. The van der Waals surface area contributed by atoms with Gasteiger partial charge in [0.15, 0.2) is 0 Å². The van der Waals surface area contributed by atoms with Gasteiger partial charge in [-0.05, 0) is 25.0 Å². The number of rotatable bonds is 5.